The van der Waals surface area contributed by atoms with Crippen molar-refractivity contribution in [2.75, 3.05) is 0 Å². The van der Waals surface area contributed by atoms with Crippen LogP contribution in [0, 0.1) is 5.92 Å². The molecule has 0 saturated carbocycles. The molecule has 0 aliphatic rings. The number of nitrogens with one attached hydrogen (secondary N) is 1. The smallest absolute Gasteiger partial charge is 0.405 e. The minimum absolute atomic E-state index is 0.418. The van der Waals surface area contributed by atoms with E-state index in [2.05, 4.69) is 5.32 Å². The first-order valence-corrected chi connectivity index (χ1v) is 3.27. The Morgan fingerprint density at radius 2 is 2.20 bits per heavy atom. The van der Waals surface area contributed by atoms with Gasteiger partial charge in [-0.15, -0.1) is 0 Å². The topological polar surface area (TPSA) is 75.3 Å². The molecule has 1 unspecified atom stereocenters. The van der Waals surface area contributed by atoms with Crippen LogP contribution in [0.4, 0.5) is 4.79 Å². The van der Waals surface area contributed by atoms with Crippen LogP contribution in [0.5, 0.6) is 0 Å². The molecular formula is C6H14N2O2. The van der Waals surface area contributed by atoms with E-state index in [0.717, 1.165) is 0 Å². The summed E-state index contributed by atoms with van der Waals surface area (Å²) in [6.07, 6.45) is -0.822. The van der Waals surface area contributed by atoms with Crippen LogP contribution in [0.2, 0.25) is 0 Å². The highest BCUT2D eigenvalue weighted by molar-refractivity contribution is 5.64. The third kappa shape index (κ3) is 5.37. The van der Waals surface area contributed by atoms with Crippen LogP contribution in [0.15, 0.2) is 0 Å². The van der Waals surface area contributed by atoms with Crippen molar-refractivity contribution in [2.45, 2.75) is 26.4 Å². The summed E-state index contributed by atoms with van der Waals surface area (Å²) < 4.78 is 0. The molecule has 0 saturated heterocycles. The van der Waals surface area contributed by atoms with Crippen molar-refractivity contribution in [3.8, 4) is 0 Å². The van der Waals surface area contributed by atoms with E-state index in [4.69, 9.17) is 10.8 Å². The molecular weight excluding hydrogens is 132 g/mol. The largest absolute Gasteiger partial charge is 0.465 e. The van der Waals surface area contributed by atoms with Crippen molar-refractivity contribution in [2.24, 2.45) is 11.7 Å². The van der Waals surface area contributed by atoms with E-state index in [9.17, 15) is 4.79 Å². The Morgan fingerprint density at radius 1 is 1.70 bits per heavy atom. The first-order valence-electron chi connectivity index (χ1n) is 3.27. The van der Waals surface area contributed by atoms with Gasteiger partial charge < -0.3 is 16.2 Å². The van der Waals surface area contributed by atoms with Crippen molar-refractivity contribution in [3.63, 3.8) is 0 Å². The number of carboxylic acid groups (broad SMARTS) is 1. The number of hydrogen-bond acceptors (Lipinski definition) is 2. The lowest BCUT2D eigenvalue weighted by Gasteiger charge is -2.12. The molecule has 4 heteroatoms. The van der Waals surface area contributed by atoms with E-state index in [1.165, 1.54) is 0 Å². The molecule has 0 rings (SSSR count). The predicted octanol–water partition coefficient (Wildman–Crippen LogP) is 0.585. The summed E-state index contributed by atoms with van der Waals surface area (Å²) in [5.74, 6) is 0.418. The van der Waals surface area contributed by atoms with Gasteiger partial charge in [-0.2, -0.15) is 0 Å². The summed E-state index contributed by atoms with van der Waals surface area (Å²) in [5, 5.41) is 10.4. The van der Waals surface area contributed by atoms with Crippen molar-refractivity contribution < 1.29 is 9.90 Å². The second-order valence-corrected chi connectivity index (χ2v) is 2.69. The molecule has 0 bridgehead atoms. The molecule has 0 aliphatic heterocycles. The van der Waals surface area contributed by atoms with Crippen LogP contribution >= 0.6 is 0 Å². The zero-order valence-electron chi connectivity index (χ0n) is 6.29. The van der Waals surface area contributed by atoms with Crippen molar-refractivity contribution in [1.29, 1.82) is 0 Å². The highest BCUT2D eigenvalue weighted by Crippen LogP contribution is 1.99. The van der Waals surface area contributed by atoms with E-state index in [0.29, 0.717) is 12.3 Å². The monoisotopic (exact) mass is 146 g/mol. The summed E-state index contributed by atoms with van der Waals surface area (Å²) in [6.45, 7) is 3.98. The van der Waals surface area contributed by atoms with Crippen molar-refractivity contribution in [1.82, 2.24) is 5.32 Å². The van der Waals surface area contributed by atoms with Gasteiger partial charge in [0.1, 0.15) is 0 Å². The van der Waals surface area contributed by atoms with Gasteiger partial charge in [0.2, 0.25) is 0 Å². The van der Waals surface area contributed by atoms with Gasteiger partial charge in [-0.25, -0.2) is 4.79 Å². The summed E-state index contributed by atoms with van der Waals surface area (Å²) >= 11 is 0. The minimum atomic E-state index is -1.06. The molecule has 4 N–H and O–H groups in total. The van der Waals surface area contributed by atoms with Crippen LogP contribution in [0.1, 0.15) is 20.3 Å². The second-order valence-electron chi connectivity index (χ2n) is 2.69. The average Bonchev–Trinajstić information content (AvgIpc) is 1.58. The van der Waals surface area contributed by atoms with Gasteiger partial charge >= 0.3 is 6.09 Å². The minimum Gasteiger partial charge on any atom is -0.465 e. The third-order valence-corrected chi connectivity index (χ3v) is 1.03. The summed E-state index contributed by atoms with van der Waals surface area (Å²) in [7, 11) is 0. The molecule has 0 fully saturated rings. The van der Waals surface area contributed by atoms with Gasteiger partial charge in [0.25, 0.3) is 0 Å². The quantitative estimate of drug-likeness (QED) is 0.510. The first kappa shape index (κ1) is 9.23. The molecule has 1 amide bonds. The first-order chi connectivity index (χ1) is 4.52. The molecule has 10 heavy (non-hydrogen) atoms. The Bertz CT molecular complexity index is 114. The van der Waals surface area contributed by atoms with Gasteiger partial charge in [-0.05, 0) is 12.3 Å². The molecule has 0 aliphatic carbocycles. The predicted molar refractivity (Wildman–Crippen MR) is 38.6 cm³/mol. The standard InChI is InChI=1S/C6H14N2O2/c1-4(2)3-5(7)8-6(9)10/h4-5,8H,3,7H2,1-2H3,(H,9,10). The average molecular weight is 146 g/mol. The highest BCUT2D eigenvalue weighted by atomic mass is 16.4. The lowest BCUT2D eigenvalue weighted by Crippen LogP contribution is -2.41. The summed E-state index contributed by atoms with van der Waals surface area (Å²) in [4.78, 5) is 10.0. The van der Waals surface area contributed by atoms with E-state index in [1.807, 2.05) is 13.8 Å². The summed E-state index contributed by atoms with van der Waals surface area (Å²) in [6, 6.07) is 0. The van der Waals surface area contributed by atoms with Crippen molar-refractivity contribution in [3.05, 3.63) is 0 Å². The van der Waals surface area contributed by atoms with Gasteiger partial charge in [0.05, 0.1) is 6.17 Å². The Labute approximate surface area is 60.4 Å². The summed E-state index contributed by atoms with van der Waals surface area (Å²) in [5.41, 5.74) is 5.38. The molecule has 60 valence electrons. The van der Waals surface area contributed by atoms with E-state index < -0.39 is 12.3 Å². The Kier molecular flexibility index (Phi) is 3.79. The number of amides is 1. The molecule has 0 aromatic carbocycles. The molecule has 1 atom stereocenters. The van der Waals surface area contributed by atoms with Crippen LogP contribution < -0.4 is 11.1 Å². The maximum absolute atomic E-state index is 10.0. The maximum atomic E-state index is 10.0. The fraction of sp³-hybridized carbons (Fsp3) is 0.833. The molecule has 0 aromatic heterocycles. The third-order valence-electron chi connectivity index (χ3n) is 1.03. The van der Waals surface area contributed by atoms with Crippen LogP contribution in [-0.2, 0) is 0 Å². The fourth-order valence-corrected chi connectivity index (χ4v) is 0.725. The molecule has 0 radical (unpaired) electrons. The fourth-order valence-electron chi connectivity index (χ4n) is 0.725. The lowest BCUT2D eigenvalue weighted by atomic mass is 10.1. The second kappa shape index (κ2) is 4.11. The molecule has 0 spiro atoms. The zero-order chi connectivity index (χ0) is 8.15. The van der Waals surface area contributed by atoms with Crippen LogP contribution in [0.25, 0.3) is 0 Å². The van der Waals surface area contributed by atoms with E-state index in [1.54, 1.807) is 0 Å². The SMILES string of the molecule is CC(C)CC(N)NC(=O)O. The van der Waals surface area contributed by atoms with Gasteiger partial charge in [0.15, 0.2) is 0 Å². The molecule has 0 aromatic rings. The van der Waals surface area contributed by atoms with E-state index >= 15 is 0 Å². The lowest BCUT2D eigenvalue weighted by molar-refractivity contribution is 0.188. The number of hydrogen-bond donors (Lipinski definition) is 3. The molecule has 0 heterocycles. The Morgan fingerprint density at radius 3 is 2.50 bits per heavy atom. The number of carbonyl (C=O) groups is 1. The highest BCUT2D eigenvalue weighted by Gasteiger charge is 2.06. The normalized spacial score (nSPS) is 13.2. The van der Waals surface area contributed by atoms with Gasteiger partial charge in [0, 0.05) is 0 Å². The van der Waals surface area contributed by atoms with Crippen LogP contribution in [0.3, 0.4) is 0 Å². The Hall–Kier alpha value is -0.770. The maximum Gasteiger partial charge on any atom is 0.405 e. The molecule has 4 nitrogen and oxygen atoms in total. The van der Waals surface area contributed by atoms with Crippen molar-refractivity contribution >= 4 is 6.09 Å². The van der Waals surface area contributed by atoms with Gasteiger partial charge in [-0.1, -0.05) is 13.8 Å². The Balaban J connectivity index is 3.43. The van der Waals surface area contributed by atoms with Crippen LogP contribution in [-0.4, -0.2) is 17.4 Å². The van der Waals surface area contributed by atoms with E-state index in [-0.39, 0.29) is 0 Å². The van der Waals surface area contributed by atoms with Gasteiger partial charge in [-0.3, -0.25) is 0 Å². The number of rotatable bonds is 3. The number of nitrogens with two attached hydrogens (primary N) is 1. The zero-order valence-corrected chi connectivity index (χ0v) is 6.29.